The molecular weight excluding hydrogens is 222 g/mol. The Labute approximate surface area is 98.8 Å². The zero-order valence-electron chi connectivity index (χ0n) is 9.42. The summed E-state index contributed by atoms with van der Waals surface area (Å²) in [4.78, 5) is 10.1. The summed E-state index contributed by atoms with van der Waals surface area (Å²) in [6.07, 6.45) is 0.423. The van der Waals surface area contributed by atoms with Gasteiger partial charge < -0.3 is 10.5 Å². The van der Waals surface area contributed by atoms with Crippen molar-refractivity contribution in [1.82, 2.24) is 0 Å². The molecule has 0 aliphatic carbocycles. The molecule has 0 spiro atoms. The Morgan fingerprint density at radius 1 is 1.65 bits per heavy atom. The van der Waals surface area contributed by atoms with E-state index in [1.807, 2.05) is 6.07 Å². The van der Waals surface area contributed by atoms with Gasteiger partial charge in [0.05, 0.1) is 23.6 Å². The first-order valence-electron chi connectivity index (χ1n) is 5.07. The molecule has 0 aromatic heterocycles. The Bertz CT molecular complexity index is 454. The molecule has 0 amide bonds. The highest BCUT2D eigenvalue weighted by Gasteiger charge is 2.10. The van der Waals surface area contributed by atoms with Crippen molar-refractivity contribution in [3.05, 3.63) is 33.9 Å². The van der Waals surface area contributed by atoms with Crippen LogP contribution in [0.15, 0.2) is 18.2 Å². The summed E-state index contributed by atoms with van der Waals surface area (Å²) in [5, 5.41) is 19.1. The van der Waals surface area contributed by atoms with E-state index >= 15 is 0 Å². The first-order chi connectivity index (χ1) is 8.04. The zero-order chi connectivity index (χ0) is 12.8. The molecule has 1 unspecified atom stereocenters. The van der Waals surface area contributed by atoms with Crippen LogP contribution in [0.5, 0.6) is 5.75 Å². The fourth-order valence-corrected chi connectivity index (χ4v) is 1.29. The zero-order valence-corrected chi connectivity index (χ0v) is 9.42. The third kappa shape index (κ3) is 3.74. The Hall–Kier alpha value is -2.13. The van der Waals surface area contributed by atoms with Crippen LogP contribution in [0.1, 0.15) is 12.0 Å². The summed E-state index contributed by atoms with van der Waals surface area (Å²) < 4.78 is 5.34. The maximum atomic E-state index is 10.6. The highest BCUT2D eigenvalue weighted by atomic mass is 16.6. The van der Waals surface area contributed by atoms with E-state index in [-0.39, 0.29) is 5.69 Å². The number of nitro benzene ring substituents is 1. The molecular formula is C11H13N3O3. The fourth-order valence-electron chi connectivity index (χ4n) is 1.29. The predicted octanol–water partition coefficient (Wildman–Crippen LogP) is 1.52. The van der Waals surface area contributed by atoms with E-state index < -0.39 is 11.0 Å². The Morgan fingerprint density at radius 2 is 2.35 bits per heavy atom. The number of nitriles is 1. The lowest BCUT2D eigenvalue weighted by Gasteiger charge is -2.07. The van der Waals surface area contributed by atoms with Crippen molar-refractivity contribution in [3.8, 4) is 11.8 Å². The number of nitrogens with two attached hydrogens (primary N) is 1. The molecule has 0 fully saturated rings. The third-order valence-corrected chi connectivity index (χ3v) is 2.23. The van der Waals surface area contributed by atoms with Crippen molar-refractivity contribution in [2.75, 3.05) is 6.61 Å². The minimum absolute atomic E-state index is 0.0612. The van der Waals surface area contributed by atoms with Gasteiger partial charge in [-0.3, -0.25) is 10.1 Å². The molecule has 2 N–H and O–H groups in total. The van der Waals surface area contributed by atoms with Gasteiger partial charge in [0.2, 0.25) is 0 Å². The number of hydrogen-bond acceptors (Lipinski definition) is 5. The quantitative estimate of drug-likeness (QED) is 0.615. The average Bonchev–Trinajstić information content (AvgIpc) is 2.28. The monoisotopic (exact) mass is 235 g/mol. The lowest BCUT2D eigenvalue weighted by Crippen LogP contribution is -2.20. The summed E-state index contributed by atoms with van der Waals surface area (Å²) in [6.45, 7) is 1.96. The average molecular weight is 235 g/mol. The number of hydrogen-bond donors (Lipinski definition) is 1. The highest BCUT2D eigenvalue weighted by Crippen LogP contribution is 2.23. The second-order valence-corrected chi connectivity index (χ2v) is 3.58. The molecule has 0 heterocycles. The molecule has 6 heteroatoms. The van der Waals surface area contributed by atoms with Gasteiger partial charge in [0.1, 0.15) is 5.75 Å². The predicted molar refractivity (Wildman–Crippen MR) is 61.5 cm³/mol. The molecule has 0 radical (unpaired) electrons. The summed E-state index contributed by atoms with van der Waals surface area (Å²) in [6, 6.07) is 5.87. The molecule has 90 valence electrons. The van der Waals surface area contributed by atoms with E-state index in [2.05, 4.69) is 0 Å². The molecule has 6 nitrogen and oxygen atoms in total. The van der Waals surface area contributed by atoms with Gasteiger partial charge in [-0.25, -0.2) is 0 Å². The van der Waals surface area contributed by atoms with Gasteiger partial charge in [0.25, 0.3) is 5.69 Å². The van der Waals surface area contributed by atoms with Gasteiger partial charge in [-0.1, -0.05) is 0 Å². The van der Waals surface area contributed by atoms with Gasteiger partial charge in [-0.2, -0.15) is 5.26 Å². The first kappa shape index (κ1) is 12.9. The third-order valence-electron chi connectivity index (χ3n) is 2.23. The lowest BCUT2D eigenvalue weighted by atomic mass is 10.2. The van der Waals surface area contributed by atoms with Gasteiger partial charge in [-0.15, -0.1) is 0 Å². The van der Waals surface area contributed by atoms with E-state index in [1.165, 1.54) is 12.1 Å². The number of rotatable bonds is 5. The van der Waals surface area contributed by atoms with Crippen LogP contribution in [0.4, 0.5) is 5.69 Å². The summed E-state index contributed by atoms with van der Waals surface area (Å²) in [5.74, 6) is 0.540. The van der Waals surface area contributed by atoms with Gasteiger partial charge in [0.15, 0.2) is 0 Å². The molecule has 1 rings (SSSR count). The fraction of sp³-hybridized carbons (Fsp3) is 0.364. The SMILES string of the molecule is Cc1cc(OCCC(N)C#N)ccc1[N+](=O)[O-]. The Morgan fingerprint density at radius 3 is 2.88 bits per heavy atom. The molecule has 0 bridgehead atoms. The van der Waals surface area contributed by atoms with Crippen LogP contribution in [-0.4, -0.2) is 17.6 Å². The van der Waals surface area contributed by atoms with E-state index in [4.69, 9.17) is 15.7 Å². The van der Waals surface area contributed by atoms with Crippen LogP contribution in [0.3, 0.4) is 0 Å². The topological polar surface area (TPSA) is 102 Å². The van der Waals surface area contributed by atoms with Crippen molar-refractivity contribution in [3.63, 3.8) is 0 Å². The van der Waals surface area contributed by atoms with Crippen LogP contribution in [-0.2, 0) is 0 Å². The van der Waals surface area contributed by atoms with Crippen LogP contribution < -0.4 is 10.5 Å². The summed E-state index contributed by atoms with van der Waals surface area (Å²) in [7, 11) is 0. The minimum atomic E-state index is -0.547. The summed E-state index contributed by atoms with van der Waals surface area (Å²) in [5.41, 5.74) is 6.00. The normalized spacial score (nSPS) is 11.6. The summed E-state index contributed by atoms with van der Waals surface area (Å²) >= 11 is 0. The maximum absolute atomic E-state index is 10.6. The van der Waals surface area contributed by atoms with Crippen LogP contribution in [0, 0.1) is 28.4 Å². The van der Waals surface area contributed by atoms with Gasteiger partial charge in [-0.05, 0) is 19.1 Å². The molecule has 0 aliphatic rings. The smallest absolute Gasteiger partial charge is 0.272 e. The van der Waals surface area contributed by atoms with Crippen LogP contribution >= 0.6 is 0 Å². The molecule has 1 atom stereocenters. The first-order valence-corrected chi connectivity index (χ1v) is 5.07. The molecule has 17 heavy (non-hydrogen) atoms. The second kappa shape index (κ2) is 5.82. The Kier molecular flexibility index (Phi) is 4.43. The molecule has 0 saturated heterocycles. The largest absolute Gasteiger partial charge is 0.493 e. The van der Waals surface area contributed by atoms with E-state index in [1.54, 1.807) is 13.0 Å². The molecule has 1 aromatic carbocycles. The van der Waals surface area contributed by atoms with Gasteiger partial charge >= 0.3 is 0 Å². The maximum Gasteiger partial charge on any atom is 0.272 e. The molecule has 0 aliphatic heterocycles. The number of ether oxygens (including phenoxy) is 1. The van der Waals surface area contributed by atoms with Crippen molar-refractivity contribution in [2.24, 2.45) is 5.73 Å². The van der Waals surface area contributed by atoms with Crippen molar-refractivity contribution in [2.45, 2.75) is 19.4 Å². The second-order valence-electron chi connectivity index (χ2n) is 3.58. The number of nitrogens with zero attached hydrogens (tertiary/aromatic N) is 2. The minimum Gasteiger partial charge on any atom is -0.493 e. The van der Waals surface area contributed by atoms with E-state index in [0.29, 0.717) is 24.3 Å². The van der Waals surface area contributed by atoms with Crippen molar-refractivity contribution >= 4 is 5.69 Å². The highest BCUT2D eigenvalue weighted by molar-refractivity contribution is 5.44. The number of aryl methyl sites for hydroxylation is 1. The molecule has 1 aromatic rings. The standard InChI is InChI=1S/C11H13N3O3/c1-8-6-10(2-3-11(8)14(15)16)17-5-4-9(13)7-12/h2-3,6,9H,4-5,13H2,1H3. The number of nitro groups is 1. The van der Waals surface area contributed by atoms with Crippen molar-refractivity contribution < 1.29 is 9.66 Å². The van der Waals surface area contributed by atoms with Crippen LogP contribution in [0.2, 0.25) is 0 Å². The van der Waals surface area contributed by atoms with Crippen molar-refractivity contribution in [1.29, 1.82) is 5.26 Å². The van der Waals surface area contributed by atoms with Gasteiger partial charge in [0, 0.05) is 18.1 Å². The van der Waals surface area contributed by atoms with E-state index in [0.717, 1.165) is 0 Å². The van der Waals surface area contributed by atoms with Crippen LogP contribution in [0.25, 0.3) is 0 Å². The lowest BCUT2D eigenvalue weighted by molar-refractivity contribution is -0.385. The Balaban J connectivity index is 2.60. The van der Waals surface area contributed by atoms with E-state index in [9.17, 15) is 10.1 Å². The number of benzene rings is 1. The molecule has 0 saturated carbocycles.